The van der Waals surface area contributed by atoms with Gasteiger partial charge < -0.3 is 4.90 Å². The zero-order valence-corrected chi connectivity index (χ0v) is 13.0. The second-order valence-corrected chi connectivity index (χ2v) is 6.28. The van der Waals surface area contributed by atoms with Gasteiger partial charge in [-0.1, -0.05) is 34.1 Å². The van der Waals surface area contributed by atoms with Gasteiger partial charge >= 0.3 is 0 Å². The van der Waals surface area contributed by atoms with E-state index < -0.39 is 0 Å². The molecule has 0 saturated carbocycles. The van der Waals surface area contributed by atoms with Crippen molar-refractivity contribution in [2.75, 3.05) is 13.6 Å². The van der Waals surface area contributed by atoms with Gasteiger partial charge in [0.15, 0.2) is 0 Å². The summed E-state index contributed by atoms with van der Waals surface area (Å²) in [5.74, 6) is 0. The molecule has 0 fully saturated rings. The molecule has 0 amide bonds. The quantitative estimate of drug-likeness (QED) is 0.787. The van der Waals surface area contributed by atoms with Crippen LogP contribution in [0.3, 0.4) is 0 Å². The van der Waals surface area contributed by atoms with Gasteiger partial charge in [0.05, 0.1) is 11.5 Å². The first kappa shape index (κ1) is 15.2. The van der Waals surface area contributed by atoms with Crippen LogP contribution in [0.4, 0.5) is 0 Å². The standard InChI is InChI=1S/C15H21BrN2/c1-15(2,12-17)9-6-10-18(3)11-13-7-4-5-8-14(13)16/h4-5,7-8H,6,9-11H2,1-3H3. The van der Waals surface area contributed by atoms with Gasteiger partial charge in [0.1, 0.15) is 0 Å². The molecule has 0 unspecified atom stereocenters. The van der Waals surface area contributed by atoms with Crippen molar-refractivity contribution in [1.82, 2.24) is 4.90 Å². The van der Waals surface area contributed by atoms with E-state index in [2.05, 4.69) is 52.1 Å². The predicted molar refractivity (Wildman–Crippen MR) is 79.1 cm³/mol. The summed E-state index contributed by atoms with van der Waals surface area (Å²) in [4.78, 5) is 2.30. The maximum absolute atomic E-state index is 8.96. The van der Waals surface area contributed by atoms with Crippen molar-refractivity contribution in [3.05, 3.63) is 34.3 Å². The van der Waals surface area contributed by atoms with Crippen molar-refractivity contribution in [2.24, 2.45) is 5.41 Å². The highest BCUT2D eigenvalue weighted by molar-refractivity contribution is 9.10. The number of nitrogens with zero attached hydrogens (tertiary/aromatic N) is 2. The van der Waals surface area contributed by atoms with E-state index >= 15 is 0 Å². The van der Waals surface area contributed by atoms with Crippen LogP contribution < -0.4 is 0 Å². The number of hydrogen-bond acceptors (Lipinski definition) is 2. The summed E-state index contributed by atoms with van der Waals surface area (Å²) in [7, 11) is 2.12. The predicted octanol–water partition coefficient (Wildman–Crippen LogP) is 4.21. The van der Waals surface area contributed by atoms with Crippen molar-refractivity contribution in [3.63, 3.8) is 0 Å². The summed E-state index contributed by atoms with van der Waals surface area (Å²) in [5, 5.41) is 8.96. The molecular weight excluding hydrogens is 288 g/mol. The number of nitriles is 1. The second kappa shape index (κ2) is 6.92. The van der Waals surface area contributed by atoms with Crippen molar-refractivity contribution >= 4 is 15.9 Å². The highest BCUT2D eigenvalue weighted by atomic mass is 79.9. The van der Waals surface area contributed by atoms with Crippen molar-refractivity contribution in [1.29, 1.82) is 5.26 Å². The van der Waals surface area contributed by atoms with Gasteiger partial charge in [0.25, 0.3) is 0 Å². The Bertz CT molecular complexity index is 421. The van der Waals surface area contributed by atoms with Crippen molar-refractivity contribution in [3.8, 4) is 6.07 Å². The average molecular weight is 309 g/mol. The summed E-state index contributed by atoms with van der Waals surface area (Å²) in [6.07, 6.45) is 2.01. The smallest absolute Gasteiger partial charge is 0.0683 e. The Morgan fingerprint density at radius 1 is 1.33 bits per heavy atom. The van der Waals surface area contributed by atoms with Gasteiger partial charge in [-0.05, 0) is 51.9 Å². The molecule has 0 saturated heterocycles. The minimum atomic E-state index is -0.200. The first-order valence-electron chi connectivity index (χ1n) is 6.28. The van der Waals surface area contributed by atoms with Gasteiger partial charge in [-0.25, -0.2) is 0 Å². The summed E-state index contributed by atoms with van der Waals surface area (Å²) in [5.41, 5.74) is 1.10. The maximum atomic E-state index is 8.96. The van der Waals surface area contributed by atoms with Crippen LogP contribution in [0.25, 0.3) is 0 Å². The van der Waals surface area contributed by atoms with Crippen LogP contribution in [-0.2, 0) is 6.54 Å². The Morgan fingerprint density at radius 3 is 2.61 bits per heavy atom. The summed E-state index contributed by atoms with van der Waals surface area (Å²) in [6, 6.07) is 10.7. The van der Waals surface area contributed by atoms with E-state index in [4.69, 9.17) is 5.26 Å². The van der Waals surface area contributed by atoms with E-state index in [1.165, 1.54) is 5.56 Å². The van der Waals surface area contributed by atoms with E-state index in [-0.39, 0.29) is 5.41 Å². The van der Waals surface area contributed by atoms with E-state index in [1.807, 2.05) is 19.9 Å². The third-order valence-electron chi connectivity index (χ3n) is 3.04. The van der Waals surface area contributed by atoms with Crippen LogP contribution in [0.5, 0.6) is 0 Å². The molecule has 0 aliphatic heterocycles. The van der Waals surface area contributed by atoms with Crippen LogP contribution >= 0.6 is 15.9 Å². The molecule has 0 heterocycles. The Balaban J connectivity index is 2.37. The highest BCUT2D eigenvalue weighted by Crippen LogP contribution is 2.21. The molecule has 1 rings (SSSR count). The summed E-state index contributed by atoms with van der Waals surface area (Å²) >= 11 is 3.57. The molecule has 0 aliphatic rings. The minimum Gasteiger partial charge on any atom is -0.302 e. The minimum absolute atomic E-state index is 0.200. The van der Waals surface area contributed by atoms with Gasteiger partial charge in [-0.2, -0.15) is 5.26 Å². The third kappa shape index (κ3) is 5.20. The Labute approximate surface area is 119 Å². The zero-order chi connectivity index (χ0) is 13.6. The molecule has 0 N–H and O–H groups in total. The van der Waals surface area contributed by atoms with E-state index in [9.17, 15) is 0 Å². The second-order valence-electron chi connectivity index (χ2n) is 5.43. The lowest BCUT2D eigenvalue weighted by Crippen LogP contribution is -2.21. The molecule has 2 nitrogen and oxygen atoms in total. The van der Waals surface area contributed by atoms with Crippen LogP contribution in [0, 0.1) is 16.7 Å². The topological polar surface area (TPSA) is 27.0 Å². The lowest BCUT2D eigenvalue weighted by Gasteiger charge is -2.20. The Hall–Kier alpha value is -0.850. The third-order valence-corrected chi connectivity index (χ3v) is 3.82. The molecule has 0 bridgehead atoms. The molecule has 0 atom stereocenters. The SMILES string of the molecule is CN(CCCC(C)(C)C#N)Cc1ccccc1Br. The monoisotopic (exact) mass is 308 g/mol. The molecule has 1 aromatic carbocycles. The lowest BCUT2D eigenvalue weighted by molar-refractivity contribution is 0.297. The van der Waals surface area contributed by atoms with Crippen molar-refractivity contribution < 1.29 is 0 Å². The van der Waals surface area contributed by atoms with E-state index in [0.717, 1.165) is 30.4 Å². The van der Waals surface area contributed by atoms with Crippen molar-refractivity contribution in [2.45, 2.75) is 33.2 Å². The first-order valence-corrected chi connectivity index (χ1v) is 7.07. The summed E-state index contributed by atoms with van der Waals surface area (Å²) in [6.45, 7) is 5.96. The molecular formula is C15H21BrN2. The largest absolute Gasteiger partial charge is 0.302 e. The van der Waals surface area contributed by atoms with E-state index in [1.54, 1.807) is 0 Å². The number of halogens is 1. The highest BCUT2D eigenvalue weighted by Gasteiger charge is 2.16. The fourth-order valence-electron chi connectivity index (χ4n) is 1.84. The van der Waals surface area contributed by atoms with Gasteiger partial charge in [0.2, 0.25) is 0 Å². The van der Waals surface area contributed by atoms with Crippen LogP contribution in [0.1, 0.15) is 32.3 Å². The van der Waals surface area contributed by atoms with E-state index in [0.29, 0.717) is 0 Å². The van der Waals surface area contributed by atoms with Gasteiger partial charge in [-0.3, -0.25) is 0 Å². The molecule has 18 heavy (non-hydrogen) atoms. The van der Waals surface area contributed by atoms with Gasteiger partial charge in [0, 0.05) is 11.0 Å². The fourth-order valence-corrected chi connectivity index (χ4v) is 2.25. The molecule has 0 aromatic heterocycles. The number of hydrogen-bond donors (Lipinski definition) is 0. The fraction of sp³-hybridized carbons (Fsp3) is 0.533. The van der Waals surface area contributed by atoms with Gasteiger partial charge in [-0.15, -0.1) is 0 Å². The Kier molecular flexibility index (Phi) is 5.84. The average Bonchev–Trinajstić information content (AvgIpc) is 2.32. The number of benzene rings is 1. The summed E-state index contributed by atoms with van der Waals surface area (Å²) < 4.78 is 1.16. The molecule has 0 radical (unpaired) electrons. The zero-order valence-electron chi connectivity index (χ0n) is 11.4. The molecule has 1 aromatic rings. The number of rotatable bonds is 6. The van der Waals surface area contributed by atoms with Crippen LogP contribution in [-0.4, -0.2) is 18.5 Å². The van der Waals surface area contributed by atoms with Crippen LogP contribution in [0.15, 0.2) is 28.7 Å². The Morgan fingerprint density at radius 2 is 2.00 bits per heavy atom. The lowest BCUT2D eigenvalue weighted by atomic mass is 9.90. The maximum Gasteiger partial charge on any atom is 0.0683 e. The first-order chi connectivity index (χ1) is 8.44. The normalized spacial score (nSPS) is 11.6. The van der Waals surface area contributed by atoms with Crippen LogP contribution in [0.2, 0.25) is 0 Å². The molecule has 0 aliphatic carbocycles. The molecule has 98 valence electrons. The molecule has 0 spiro atoms. The molecule has 3 heteroatoms.